The van der Waals surface area contributed by atoms with Gasteiger partial charge in [-0.3, -0.25) is 4.79 Å². The summed E-state index contributed by atoms with van der Waals surface area (Å²) in [6, 6.07) is 2.57. The zero-order chi connectivity index (χ0) is 12.0. The molecule has 5 nitrogen and oxygen atoms in total. The van der Waals surface area contributed by atoms with Gasteiger partial charge >= 0.3 is 5.97 Å². The SMILES string of the molecule is NC(C(=O)O)c1ccn2c(C3CC3)ncc2c1. The largest absolute Gasteiger partial charge is 0.480 e. The monoisotopic (exact) mass is 231 g/mol. The average molecular weight is 231 g/mol. The highest BCUT2D eigenvalue weighted by molar-refractivity contribution is 5.75. The van der Waals surface area contributed by atoms with Crippen LogP contribution in [-0.2, 0) is 4.79 Å². The number of aromatic nitrogens is 2. The number of nitrogens with two attached hydrogens (primary N) is 1. The molecule has 2 aromatic heterocycles. The Labute approximate surface area is 97.9 Å². The fourth-order valence-electron chi connectivity index (χ4n) is 2.02. The number of hydrogen-bond donors (Lipinski definition) is 2. The van der Waals surface area contributed by atoms with Crippen LogP contribution in [0, 0.1) is 0 Å². The van der Waals surface area contributed by atoms with Crippen molar-refractivity contribution in [2.75, 3.05) is 0 Å². The zero-order valence-electron chi connectivity index (χ0n) is 9.21. The lowest BCUT2D eigenvalue weighted by Crippen LogP contribution is -2.20. The topological polar surface area (TPSA) is 80.6 Å². The lowest BCUT2D eigenvalue weighted by molar-refractivity contribution is -0.138. The molecule has 0 saturated heterocycles. The molecular weight excluding hydrogens is 218 g/mol. The Balaban J connectivity index is 2.05. The minimum Gasteiger partial charge on any atom is -0.480 e. The molecule has 3 rings (SSSR count). The van der Waals surface area contributed by atoms with Gasteiger partial charge in [0.1, 0.15) is 11.9 Å². The van der Waals surface area contributed by atoms with Crippen LogP contribution in [-0.4, -0.2) is 20.5 Å². The Morgan fingerprint density at radius 1 is 1.59 bits per heavy atom. The number of carboxylic acids is 1. The molecule has 3 N–H and O–H groups in total. The second-order valence-corrected chi connectivity index (χ2v) is 4.46. The molecule has 0 radical (unpaired) electrons. The van der Waals surface area contributed by atoms with Crippen molar-refractivity contribution in [3.05, 3.63) is 35.9 Å². The van der Waals surface area contributed by atoms with E-state index >= 15 is 0 Å². The summed E-state index contributed by atoms with van der Waals surface area (Å²) in [5, 5.41) is 8.86. The first-order valence-electron chi connectivity index (χ1n) is 5.62. The van der Waals surface area contributed by atoms with Crippen molar-refractivity contribution in [3.8, 4) is 0 Å². The molecule has 1 aliphatic carbocycles. The van der Waals surface area contributed by atoms with Crippen LogP contribution in [0.5, 0.6) is 0 Å². The van der Waals surface area contributed by atoms with E-state index in [2.05, 4.69) is 4.98 Å². The van der Waals surface area contributed by atoms with Crippen LogP contribution in [0.2, 0.25) is 0 Å². The van der Waals surface area contributed by atoms with E-state index in [9.17, 15) is 4.79 Å². The molecule has 0 spiro atoms. The quantitative estimate of drug-likeness (QED) is 0.834. The van der Waals surface area contributed by atoms with Gasteiger partial charge in [-0.2, -0.15) is 0 Å². The van der Waals surface area contributed by atoms with Gasteiger partial charge in [0.05, 0.1) is 11.7 Å². The average Bonchev–Trinajstić information content (AvgIpc) is 3.07. The van der Waals surface area contributed by atoms with Gasteiger partial charge in [0.25, 0.3) is 0 Å². The van der Waals surface area contributed by atoms with E-state index in [1.807, 2.05) is 10.6 Å². The third kappa shape index (κ3) is 1.68. The molecule has 1 saturated carbocycles. The van der Waals surface area contributed by atoms with Gasteiger partial charge in [-0.15, -0.1) is 0 Å². The Morgan fingerprint density at radius 2 is 2.35 bits per heavy atom. The molecule has 0 bridgehead atoms. The van der Waals surface area contributed by atoms with Crippen molar-refractivity contribution < 1.29 is 9.90 Å². The summed E-state index contributed by atoms with van der Waals surface area (Å²) in [5.41, 5.74) is 7.09. The number of carbonyl (C=O) groups is 1. The maximum Gasteiger partial charge on any atom is 0.325 e. The van der Waals surface area contributed by atoms with E-state index in [0.29, 0.717) is 11.5 Å². The first-order valence-corrected chi connectivity index (χ1v) is 5.62. The fraction of sp³-hybridized carbons (Fsp3) is 0.333. The molecule has 1 fully saturated rings. The predicted octanol–water partition coefficient (Wildman–Crippen LogP) is 1.30. The number of nitrogens with zero attached hydrogens (tertiary/aromatic N) is 2. The van der Waals surface area contributed by atoms with E-state index in [-0.39, 0.29) is 0 Å². The Bertz CT molecular complexity index is 586. The van der Waals surface area contributed by atoms with Gasteiger partial charge in [0.2, 0.25) is 0 Å². The van der Waals surface area contributed by atoms with E-state index < -0.39 is 12.0 Å². The molecule has 5 heteroatoms. The highest BCUT2D eigenvalue weighted by atomic mass is 16.4. The second-order valence-electron chi connectivity index (χ2n) is 4.46. The summed E-state index contributed by atoms with van der Waals surface area (Å²) >= 11 is 0. The molecule has 0 aromatic carbocycles. The molecule has 2 heterocycles. The zero-order valence-corrected chi connectivity index (χ0v) is 9.21. The van der Waals surface area contributed by atoms with Crippen LogP contribution >= 0.6 is 0 Å². The van der Waals surface area contributed by atoms with Crippen molar-refractivity contribution >= 4 is 11.5 Å². The Morgan fingerprint density at radius 3 is 3.00 bits per heavy atom. The first kappa shape index (κ1) is 10.3. The smallest absolute Gasteiger partial charge is 0.325 e. The molecule has 0 amide bonds. The maximum absolute atomic E-state index is 10.8. The minimum absolute atomic E-state index is 0.566. The number of aliphatic carboxylic acids is 1. The summed E-state index contributed by atoms with van der Waals surface area (Å²) in [6.45, 7) is 0. The van der Waals surface area contributed by atoms with Crippen molar-refractivity contribution in [2.24, 2.45) is 5.73 Å². The number of pyridine rings is 1. The fourth-order valence-corrected chi connectivity index (χ4v) is 2.02. The molecule has 1 unspecified atom stereocenters. The van der Waals surface area contributed by atoms with Crippen LogP contribution < -0.4 is 5.73 Å². The van der Waals surface area contributed by atoms with Gasteiger partial charge in [0, 0.05) is 12.1 Å². The Hall–Kier alpha value is -1.88. The van der Waals surface area contributed by atoms with Gasteiger partial charge < -0.3 is 15.2 Å². The van der Waals surface area contributed by atoms with Gasteiger partial charge in [-0.1, -0.05) is 0 Å². The summed E-state index contributed by atoms with van der Waals surface area (Å²) in [5.74, 6) is 0.614. The lowest BCUT2D eigenvalue weighted by atomic mass is 10.1. The van der Waals surface area contributed by atoms with E-state index in [1.54, 1.807) is 18.3 Å². The van der Waals surface area contributed by atoms with E-state index in [4.69, 9.17) is 10.8 Å². The van der Waals surface area contributed by atoms with Crippen molar-refractivity contribution in [1.82, 2.24) is 9.38 Å². The Kier molecular flexibility index (Phi) is 2.16. The predicted molar refractivity (Wildman–Crippen MR) is 61.7 cm³/mol. The molecule has 1 aliphatic rings. The number of rotatable bonds is 3. The first-order chi connectivity index (χ1) is 8.16. The number of hydrogen-bond acceptors (Lipinski definition) is 3. The normalized spacial score (nSPS) is 17.2. The van der Waals surface area contributed by atoms with Crippen LogP contribution in [0.15, 0.2) is 24.5 Å². The number of imidazole rings is 1. The maximum atomic E-state index is 10.8. The molecule has 1 atom stereocenters. The number of fused-ring (bicyclic) bond motifs is 1. The van der Waals surface area contributed by atoms with Crippen LogP contribution in [0.3, 0.4) is 0 Å². The minimum atomic E-state index is -1.02. The summed E-state index contributed by atoms with van der Waals surface area (Å²) in [6.07, 6.45) is 6.00. The summed E-state index contributed by atoms with van der Waals surface area (Å²) in [7, 11) is 0. The van der Waals surface area contributed by atoms with Crippen LogP contribution in [0.4, 0.5) is 0 Å². The molecular formula is C12H13N3O2. The number of carboxylic acid groups (broad SMARTS) is 1. The van der Waals surface area contributed by atoms with Crippen LogP contribution in [0.25, 0.3) is 5.52 Å². The standard InChI is InChI=1S/C12H13N3O2/c13-10(12(16)17)8-3-4-15-9(5-8)6-14-11(15)7-1-2-7/h3-7,10H,1-2,13H2,(H,16,17). The third-order valence-corrected chi connectivity index (χ3v) is 3.15. The van der Waals surface area contributed by atoms with E-state index in [1.165, 1.54) is 12.8 Å². The van der Waals surface area contributed by atoms with Gasteiger partial charge in [-0.25, -0.2) is 4.98 Å². The third-order valence-electron chi connectivity index (χ3n) is 3.15. The molecule has 17 heavy (non-hydrogen) atoms. The highest BCUT2D eigenvalue weighted by Crippen LogP contribution is 2.39. The van der Waals surface area contributed by atoms with Crippen molar-refractivity contribution in [2.45, 2.75) is 24.8 Å². The molecule has 88 valence electrons. The molecule has 2 aromatic rings. The summed E-state index contributed by atoms with van der Waals surface area (Å²) < 4.78 is 2.01. The second kappa shape index (κ2) is 3.56. The lowest BCUT2D eigenvalue weighted by Gasteiger charge is -2.07. The summed E-state index contributed by atoms with van der Waals surface area (Å²) in [4.78, 5) is 15.2. The van der Waals surface area contributed by atoms with Gasteiger partial charge in [0.15, 0.2) is 0 Å². The van der Waals surface area contributed by atoms with Crippen molar-refractivity contribution in [1.29, 1.82) is 0 Å². The van der Waals surface area contributed by atoms with Crippen LogP contribution in [0.1, 0.15) is 36.2 Å². The molecule has 0 aliphatic heterocycles. The van der Waals surface area contributed by atoms with Crippen molar-refractivity contribution in [3.63, 3.8) is 0 Å². The highest BCUT2D eigenvalue weighted by Gasteiger charge is 2.27. The van der Waals surface area contributed by atoms with E-state index in [0.717, 1.165) is 11.3 Å². The van der Waals surface area contributed by atoms with Gasteiger partial charge in [-0.05, 0) is 30.5 Å².